The van der Waals surface area contributed by atoms with E-state index in [0.717, 1.165) is 6.42 Å². The molecule has 0 aromatic carbocycles. The SMILES string of the molecule is CC(C)OCCCOC(C)F. The summed E-state index contributed by atoms with van der Waals surface area (Å²) in [7, 11) is 0. The van der Waals surface area contributed by atoms with Crippen molar-refractivity contribution in [2.75, 3.05) is 13.2 Å². The number of ether oxygens (including phenoxy) is 2. The third kappa shape index (κ3) is 9.85. The summed E-state index contributed by atoms with van der Waals surface area (Å²) < 4.78 is 21.9. The van der Waals surface area contributed by atoms with Gasteiger partial charge in [0.2, 0.25) is 0 Å². The van der Waals surface area contributed by atoms with Gasteiger partial charge in [-0.15, -0.1) is 0 Å². The Hall–Kier alpha value is -0.150. The van der Waals surface area contributed by atoms with E-state index in [0.29, 0.717) is 13.2 Å². The zero-order chi connectivity index (χ0) is 8.69. The van der Waals surface area contributed by atoms with Crippen molar-refractivity contribution in [1.82, 2.24) is 0 Å². The molecule has 1 unspecified atom stereocenters. The highest BCUT2D eigenvalue weighted by Crippen LogP contribution is 1.95. The first kappa shape index (κ1) is 10.8. The van der Waals surface area contributed by atoms with Crippen LogP contribution in [0.2, 0.25) is 0 Å². The molecule has 11 heavy (non-hydrogen) atoms. The van der Waals surface area contributed by atoms with Gasteiger partial charge in [0.15, 0.2) is 6.36 Å². The van der Waals surface area contributed by atoms with Crippen LogP contribution >= 0.6 is 0 Å². The second-order valence-electron chi connectivity index (χ2n) is 2.69. The molecule has 0 aromatic rings. The molecule has 2 nitrogen and oxygen atoms in total. The maximum absolute atomic E-state index is 12.0. The van der Waals surface area contributed by atoms with E-state index >= 15 is 0 Å². The van der Waals surface area contributed by atoms with Crippen LogP contribution < -0.4 is 0 Å². The van der Waals surface area contributed by atoms with Gasteiger partial charge in [-0.1, -0.05) is 0 Å². The Morgan fingerprint density at radius 1 is 1.09 bits per heavy atom. The van der Waals surface area contributed by atoms with E-state index in [-0.39, 0.29) is 6.10 Å². The second kappa shape index (κ2) is 6.55. The largest absolute Gasteiger partial charge is 0.379 e. The van der Waals surface area contributed by atoms with Gasteiger partial charge in [-0.05, 0) is 27.2 Å². The molecule has 0 radical (unpaired) electrons. The zero-order valence-electron chi connectivity index (χ0n) is 7.47. The van der Waals surface area contributed by atoms with Crippen LogP contribution in [-0.4, -0.2) is 25.7 Å². The molecule has 0 aromatic heterocycles. The van der Waals surface area contributed by atoms with Gasteiger partial charge in [0, 0.05) is 6.61 Å². The normalized spacial score (nSPS) is 13.9. The number of rotatable bonds is 6. The fraction of sp³-hybridized carbons (Fsp3) is 1.00. The van der Waals surface area contributed by atoms with Gasteiger partial charge in [0.1, 0.15) is 0 Å². The standard InChI is InChI=1S/C8H17FO2/c1-7(2)10-5-4-6-11-8(3)9/h7-8H,4-6H2,1-3H3. The third-order valence-corrected chi connectivity index (χ3v) is 1.09. The molecule has 0 aliphatic rings. The minimum Gasteiger partial charge on any atom is -0.379 e. The Bertz CT molecular complexity index is 74.2. The lowest BCUT2D eigenvalue weighted by Gasteiger charge is -2.07. The van der Waals surface area contributed by atoms with E-state index < -0.39 is 6.36 Å². The molecular formula is C8H17FO2. The van der Waals surface area contributed by atoms with Crippen molar-refractivity contribution in [3.8, 4) is 0 Å². The van der Waals surface area contributed by atoms with E-state index in [1.807, 2.05) is 13.8 Å². The van der Waals surface area contributed by atoms with Gasteiger partial charge in [0.05, 0.1) is 12.7 Å². The molecule has 0 aliphatic heterocycles. The van der Waals surface area contributed by atoms with Gasteiger partial charge >= 0.3 is 0 Å². The summed E-state index contributed by atoms with van der Waals surface area (Å²) in [5.74, 6) is 0. The first-order valence-electron chi connectivity index (χ1n) is 4.00. The topological polar surface area (TPSA) is 18.5 Å². The van der Waals surface area contributed by atoms with E-state index in [1.165, 1.54) is 6.92 Å². The molecule has 1 atom stereocenters. The molecule has 0 aliphatic carbocycles. The van der Waals surface area contributed by atoms with Crippen molar-refractivity contribution < 1.29 is 13.9 Å². The van der Waals surface area contributed by atoms with Gasteiger partial charge in [-0.25, -0.2) is 4.39 Å². The first-order valence-corrected chi connectivity index (χ1v) is 4.00. The lowest BCUT2D eigenvalue weighted by Crippen LogP contribution is -2.08. The summed E-state index contributed by atoms with van der Waals surface area (Å²) in [6.07, 6.45) is -0.154. The van der Waals surface area contributed by atoms with Crippen molar-refractivity contribution in [2.24, 2.45) is 0 Å². The molecule has 0 heterocycles. The second-order valence-corrected chi connectivity index (χ2v) is 2.69. The molecule has 0 spiro atoms. The van der Waals surface area contributed by atoms with Crippen LogP contribution in [0.15, 0.2) is 0 Å². The lowest BCUT2D eigenvalue weighted by molar-refractivity contribution is -0.0356. The number of hydrogen-bond donors (Lipinski definition) is 0. The van der Waals surface area contributed by atoms with Gasteiger partial charge in [-0.3, -0.25) is 0 Å². The average Bonchev–Trinajstić information content (AvgIpc) is 1.85. The highest BCUT2D eigenvalue weighted by Gasteiger charge is 1.96. The molecular weight excluding hydrogens is 147 g/mol. The molecule has 3 heteroatoms. The Balaban J connectivity index is 2.91. The van der Waals surface area contributed by atoms with Crippen LogP contribution in [-0.2, 0) is 9.47 Å². The van der Waals surface area contributed by atoms with Crippen LogP contribution in [0.25, 0.3) is 0 Å². The molecule has 0 amide bonds. The van der Waals surface area contributed by atoms with Crippen molar-refractivity contribution in [2.45, 2.75) is 39.7 Å². The Morgan fingerprint density at radius 3 is 2.09 bits per heavy atom. The summed E-state index contributed by atoms with van der Waals surface area (Å²) in [5.41, 5.74) is 0. The van der Waals surface area contributed by atoms with Gasteiger partial charge in [0.25, 0.3) is 0 Å². The zero-order valence-corrected chi connectivity index (χ0v) is 7.47. The van der Waals surface area contributed by atoms with Crippen LogP contribution in [0.3, 0.4) is 0 Å². The van der Waals surface area contributed by atoms with Crippen molar-refractivity contribution in [3.63, 3.8) is 0 Å². The third-order valence-electron chi connectivity index (χ3n) is 1.09. The minimum atomic E-state index is -1.16. The number of hydrogen-bond acceptors (Lipinski definition) is 2. The summed E-state index contributed by atoms with van der Waals surface area (Å²) in [6.45, 7) is 6.40. The van der Waals surface area contributed by atoms with E-state index in [2.05, 4.69) is 4.74 Å². The van der Waals surface area contributed by atoms with E-state index in [4.69, 9.17) is 4.74 Å². The van der Waals surface area contributed by atoms with Gasteiger partial charge in [-0.2, -0.15) is 0 Å². The maximum atomic E-state index is 12.0. The summed E-state index contributed by atoms with van der Waals surface area (Å²) in [4.78, 5) is 0. The van der Waals surface area contributed by atoms with Crippen LogP contribution in [0.4, 0.5) is 4.39 Å². The van der Waals surface area contributed by atoms with E-state index in [1.54, 1.807) is 0 Å². The van der Waals surface area contributed by atoms with Crippen LogP contribution in [0, 0.1) is 0 Å². The first-order chi connectivity index (χ1) is 5.13. The van der Waals surface area contributed by atoms with Crippen LogP contribution in [0.5, 0.6) is 0 Å². The Morgan fingerprint density at radius 2 is 1.64 bits per heavy atom. The predicted octanol–water partition coefficient (Wildman–Crippen LogP) is 2.13. The average molecular weight is 164 g/mol. The van der Waals surface area contributed by atoms with Crippen LogP contribution in [0.1, 0.15) is 27.2 Å². The number of halogens is 1. The Labute approximate surface area is 67.7 Å². The predicted molar refractivity (Wildman–Crippen MR) is 42.2 cm³/mol. The van der Waals surface area contributed by atoms with E-state index in [9.17, 15) is 4.39 Å². The van der Waals surface area contributed by atoms with Gasteiger partial charge < -0.3 is 9.47 Å². The summed E-state index contributed by atoms with van der Waals surface area (Å²) >= 11 is 0. The monoisotopic (exact) mass is 164 g/mol. The van der Waals surface area contributed by atoms with Crippen molar-refractivity contribution in [1.29, 1.82) is 0 Å². The van der Waals surface area contributed by atoms with Crippen molar-refractivity contribution >= 4 is 0 Å². The number of alkyl halides is 1. The molecule has 0 saturated heterocycles. The fourth-order valence-corrected chi connectivity index (χ4v) is 0.624. The highest BCUT2D eigenvalue weighted by atomic mass is 19.1. The molecule has 68 valence electrons. The maximum Gasteiger partial charge on any atom is 0.195 e. The molecule has 0 fully saturated rings. The fourth-order valence-electron chi connectivity index (χ4n) is 0.624. The quantitative estimate of drug-likeness (QED) is 0.560. The lowest BCUT2D eigenvalue weighted by atomic mass is 10.4. The minimum absolute atomic E-state index is 0.248. The summed E-state index contributed by atoms with van der Waals surface area (Å²) in [6, 6.07) is 0. The summed E-state index contributed by atoms with van der Waals surface area (Å²) in [5, 5.41) is 0. The molecule has 0 bridgehead atoms. The molecule has 0 N–H and O–H groups in total. The Kier molecular flexibility index (Phi) is 6.46. The smallest absolute Gasteiger partial charge is 0.195 e. The molecule has 0 rings (SSSR count). The highest BCUT2D eigenvalue weighted by molar-refractivity contribution is 4.39. The van der Waals surface area contributed by atoms with Crippen molar-refractivity contribution in [3.05, 3.63) is 0 Å². The molecule has 0 saturated carbocycles.